The Bertz CT molecular complexity index is 3420. The van der Waals surface area contributed by atoms with E-state index in [-0.39, 0.29) is 91.9 Å². The molecule has 0 aliphatic heterocycles. The SMILES string of the molecule is CC(=O)NC(Cc1ccc(O)cc1)C(=O)NC(Cc1ccccc1)C(N)=O.CC(=O)NC(Cc1ccc(O)cc1)C(=O)NCCC(=O)NC(Cc1ccccc1)C(N)=O.CC(=O)NC(Cc1ccc(O)cc1)C(=O)NCCCCCC(=O)NC(Cc1ccccc1)C(N)=O. The van der Waals surface area contributed by atoms with Crippen LogP contribution < -0.4 is 59.7 Å². The molecule has 25 nitrogen and oxygen atoms in total. The zero-order valence-corrected chi connectivity index (χ0v) is 52.8. The number of carbonyl (C=O) groups is 11. The highest BCUT2D eigenvalue weighted by molar-refractivity contribution is 5.92. The smallest absolute Gasteiger partial charge is 0.243 e. The van der Waals surface area contributed by atoms with Crippen molar-refractivity contribution in [3.05, 3.63) is 197 Å². The van der Waals surface area contributed by atoms with Gasteiger partial charge in [-0.25, -0.2) is 0 Å². The van der Waals surface area contributed by atoms with E-state index in [4.69, 9.17) is 17.2 Å². The van der Waals surface area contributed by atoms with E-state index < -0.39 is 71.7 Å². The number of amides is 11. The van der Waals surface area contributed by atoms with E-state index in [1.165, 1.54) is 57.2 Å². The molecule has 11 amide bonds. The van der Waals surface area contributed by atoms with Gasteiger partial charge in [0.2, 0.25) is 65.0 Å². The van der Waals surface area contributed by atoms with Gasteiger partial charge in [0.1, 0.15) is 53.5 Å². The maximum Gasteiger partial charge on any atom is 0.243 e. The van der Waals surface area contributed by atoms with Gasteiger partial charge < -0.3 is 75.1 Å². The number of benzene rings is 6. The molecule has 0 saturated carbocycles. The van der Waals surface area contributed by atoms with Gasteiger partial charge in [0.15, 0.2) is 0 Å². The van der Waals surface area contributed by atoms with Crippen LogP contribution in [0.4, 0.5) is 0 Å². The Balaban J connectivity index is 0.000000303. The van der Waals surface area contributed by atoms with E-state index >= 15 is 0 Å². The highest BCUT2D eigenvalue weighted by Crippen LogP contribution is 2.15. The van der Waals surface area contributed by atoms with Gasteiger partial charge in [-0.3, -0.25) is 52.7 Å². The summed E-state index contributed by atoms with van der Waals surface area (Å²) in [7, 11) is 0. The molecule has 17 N–H and O–H groups in total. The number of phenolic OH excluding ortho intramolecular Hbond substituents is 3. The minimum Gasteiger partial charge on any atom is -0.508 e. The monoisotopic (exact) mass is 1290 g/mol. The molecule has 25 heteroatoms. The third-order valence-corrected chi connectivity index (χ3v) is 14.1. The van der Waals surface area contributed by atoms with Crippen LogP contribution in [0.3, 0.4) is 0 Å². The predicted molar refractivity (Wildman–Crippen MR) is 351 cm³/mol. The summed E-state index contributed by atoms with van der Waals surface area (Å²) in [6, 6.07) is 41.8. The van der Waals surface area contributed by atoms with Crippen LogP contribution in [0.15, 0.2) is 164 Å². The Kier molecular flexibility index (Phi) is 32.5. The molecule has 6 rings (SSSR count). The Labute approximate surface area is 545 Å². The average Bonchev–Trinajstić information content (AvgIpc) is 1.26. The Morgan fingerprint density at radius 1 is 0.309 bits per heavy atom. The molecule has 0 spiro atoms. The molecule has 0 heterocycles. The summed E-state index contributed by atoms with van der Waals surface area (Å²) in [6.45, 7) is 4.40. The van der Waals surface area contributed by atoms with Gasteiger partial charge >= 0.3 is 0 Å². The Hall–Kier alpha value is -11.1. The standard InChI is InChI=1S/C26H34N4O5.C23H28N4O5.C20H23N3O4/c1-18(31)29-23(17-20-11-13-21(32)14-12-20)26(35)28-15-7-3-6-10-24(33)30-22(25(27)34)16-19-8-4-2-5-9-19;1-15(28)26-20(14-17-7-9-18(29)10-8-17)23(32)25-12-11-21(30)27-19(22(24)31)13-16-5-3-2-4-6-16;1-13(24)22-18(12-15-7-9-16(25)10-8-15)20(27)23-17(19(21)26)11-14-5-3-2-4-6-14/h2,4-5,8-9,11-14,22-23,32H,3,6-7,10,15-17H2,1H3,(H2,27,34)(H,28,35)(H,29,31)(H,30,33);2-10,19-20,29H,11-14H2,1H3,(H2,24,31)(H,25,32)(H,26,28)(H,27,30);2-10,17-18,25H,11-12H2,1H3,(H2,21,26)(H,22,24)(H,23,27). The number of unbranched alkanes of at least 4 members (excludes halogenated alkanes) is 2. The minimum absolute atomic E-state index is 0.0210. The van der Waals surface area contributed by atoms with Crippen molar-refractivity contribution in [2.75, 3.05) is 13.1 Å². The first kappa shape index (κ1) is 75.3. The number of phenols is 3. The van der Waals surface area contributed by atoms with Crippen LogP contribution in [-0.4, -0.2) is 130 Å². The number of carbonyl (C=O) groups excluding carboxylic acids is 11. The van der Waals surface area contributed by atoms with Gasteiger partial charge in [-0.2, -0.15) is 0 Å². The molecule has 0 fully saturated rings. The van der Waals surface area contributed by atoms with E-state index in [1.807, 2.05) is 91.0 Å². The van der Waals surface area contributed by atoms with E-state index in [9.17, 15) is 68.1 Å². The zero-order chi connectivity index (χ0) is 69.0. The number of hydrogen-bond donors (Lipinski definition) is 14. The Morgan fingerprint density at radius 2 is 0.585 bits per heavy atom. The maximum atomic E-state index is 12.7. The van der Waals surface area contributed by atoms with Gasteiger partial charge in [-0.05, 0) is 82.6 Å². The third kappa shape index (κ3) is 30.6. The second kappa shape index (κ2) is 40.6. The van der Waals surface area contributed by atoms with Crippen molar-refractivity contribution in [2.45, 2.75) is 128 Å². The normalized spacial score (nSPS) is 12.4. The first-order valence-electron chi connectivity index (χ1n) is 30.4. The molecule has 500 valence electrons. The molecular weight excluding hydrogens is 1210 g/mol. The number of primary amides is 3. The molecule has 0 aromatic heterocycles. The topological polar surface area (TPSA) is 423 Å². The molecular formula is C69H85N11O14. The largest absolute Gasteiger partial charge is 0.508 e. The summed E-state index contributed by atoms with van der Waals surface area (Å²) in [5, 5.41) is 49.3. The van der Waals surface area contributed by atoms with Crippen LogP contribution in [-0.2, 0) is 91.3 Å². The number of hydrogen-bond acceptors (Lipinski definition) is 14. The van der Waals surface area contributed by atoms with Crippen LogP contribution in [0.1, 0.15) is 86.3 Å². The summed E-state index contributed by atoms with van der Waals surface area (Å²) in [5.74, 6) is -4.51. The molecule has 6 aromatic carbocycles. The molecule has 0 bridgehead atoms. The van der Waals surface area contributed by atoms with E-state index in [0.717, 1.165) is 33.4 Å². The zero-order valence-electron chi connectivity index (χ0n) is 52.8. The molecule has 94 heavy (non-hydrogen) atoms. The number of rotatable bonds is 33. The number of aromatic hydroxyl groups is 3. The summed E-state index contributed by atoms with van der Waals surface area (Å²) in [6.07, 6.45) is 3.76. The summed E-state index contributed by atoms with van der Waals surface area (Å²) in [5.41, 5.74) is 21.2. The van der Waals surface area contributed by atoms with Crippen LogP contribution in [0.2, 0.25) is 0 Å². The minimum atomic E-state index is -0.893. The van der Waals surface area contributed by atoms with E-state index in [0.29, 0.717) is 38.6 Å². The molecule has 0 radical (unpaired) electrons. The van der Waals surface area contributed by atoms with Crippen molar-refractivity contribution >= 4 is 65.0 Å². The van der Waals surface area contributed by atoms with Crippen molar-refractivity contribution in [2.24, 2.45) is 17.2 Å². The Morgan fingerprint density at radius 3 is 0.904 bits per heavy atom. The number of nitrogens with one attached hydrogen (secondary N) is 8. The highest BCUT2D eigenvalue weighted by atomic mass is 16.3. The predicted octanol–water partition coefficient (Wildman–Crippen LogP) is 2.14. The molecule has 6 aromatic rings. The van der Waals surface area contributed by atoms with Gasteiger partial charge in [-0.15, -0.1) is 0 Å². The summed E-state index contributed by atoms with van der Waals surface area (Å²) in [4.78, 5) is 132. The second-order valence-corrected chi connectivity index (χ2v) is 22.1. The lowest BCUT2D eigenvalue weighted by Crippen LogP contribution is -2.54. The fourth-order valence-electron chi connectivity index (χ4n) is 9.33. The first-order valence-corrected chi connectivity index (χ1v) is 30.4. The lowest BCUT2D eigenvalue weighted by molar-refractivity contribution is -0.130. The highest BCUT2D eigenvalue weighted by Gasteiger charge is 2.27. The second-order valence-electron chi connectivity index (χ2n) is 22.1. The molecule has 6 atom stereocenters. The van der Waals surface area contributed by atoms with Gasteiger partial charge in [0.25, 0.3) is 0 Å². The lowest BCUT2D eigenvalue weighted by Gasteiger charge is -2.22. The van der Waals surface area contributed by atoms with Crippen LogP contribution >= 0.6 is 0 Å². The molecule has 6 unspecified atom stereocenters. The van der Waals surface area contributed by atoms with Crippen LogP contribution in [0, 0.1) is 0 Å². The summed E-state index contributed by atoms with van der Waals surface area (Å²) < 4.78 is 0. The fourth-order valence-corrected chi connectivity index (χ4v) is 9.33. The summed E-state index contributed by atoms with van der Waals surface area (Å²) >= 11 is 0. The van der Waals surface area contributed by atoms with Crippen molar-refractivity contribution in [3.63, 3.8) is 0 Å². The van der Waals surface area contributed by atoms with E-state index in [1.54, 1.807) is 36.4 Å². The molecule has 0 aliphatic carbocycles. The lowest BCUT2D eigenvalue weighted by atomic mass is 10.0. The van der Waals surface area contributed by atoms with Gasteiger partial charge in [0, 0.05) is 85.2 Å². The maximum absolute atomic E-state index is 12.7. The van der Waals surface area contributed by atoms with Crippen LogP contribution in [0.5, 0.6) is 17.2 Å². The van der Waals surface area contributed by atoms with Gasteiger partial charge in [0.05, 0.1) is 0 Å². The van der Waals surface area contributed by atoms with Gasteiger partial charge in [-0.1, -0.05) is 134 Å². The van der Waals surface area contributed by atoms with Crippen molar-refractivity contribution < 1.29 is 68.1 Å². The van der Waals surface area contributed by atoms with Crippen molar-refractivity contribution in [1.82, 2.24) is 42.5 Å². The van der Waals surface area contributed by atoms with Crippen molar-refractivity contribution in [3.8, 4) is 17.2 Å². The third-order valence-electron chi connectivity index (χ3n) is 14.1. The van der Waals surface area contributed by atoms with Crippen molar-refractivity contribution in [1.29, 1.82) is 0 Å². The van der Waals surface area contributed by atoms with E-state index in [2.05, 4.69) is 42.5 Å². The van der Waals surface area contributed by atoms with Crippen LogP contribution in [0.25, 0.3) is 0 Å². The average molecular weight is 1290 g/mol. The quantitative estimate of drug-likeness (QED) is 0.0263. The first-order chi connectivity index (χ1) is 44.8. The fraction of sp³-hybridized carbons (Fsp3) is 0.319. The number of nitrogens with two attached hydrogens (primary N) is 3. The molecule has 0 aliphatic rings. The molecule has 0 saturated heterocycles.